The Kier molecular flexibility index (Phi) is 3.76. The SMILES string of the molecule is CN1CCN(C(C(N)=O)c2ccccc2)CC1. The maximum Gasteiger partial charge on any atom is 0.239 e. The van der Waals surface area contributed by atoms with Gasteiger partial charge in [-0.2, -0.15) is 0 Å². The zero-order valence-electron chi connectivity index (χ0n) is 10.2. The van der Waals surface area contributed by atoms with E-state index in [-0.39, 0.29) is 11.9 Å². The van der Waals surface area contributed by atoms with E-state index in [4.69, 9.17) is 5.73 Å². The van der Waals surface area contributed by atoms with E-state index in [1.165, 1.54) is 0 Å². The molecule has 2 N–H and O–H groups in total. The molecule has 0 bridgehead atoms. The quantitative estimate of drug-likeness (QED) is 0.825. The first kappa shape index (κ1) is 12.1. The van der Waals surface area contributed by atoms with Crippen molar-refractivity contribution in [3.63, 3.8) is 0 Å². The van der Waals surface area contributed by atoms with E-state index in [9.17, 15) is 4.79 Å². The van der Waals surface area contributed by atoms with Gasteiger partial charge in [0.05, 0.1) is 0 Å². The number of rotatable bonds is 3. The number of primary amides is 1. The number of piperazine rings is 1. The Labute approximate surface area is 102 Å². The molecule has 0 aliphatic carbocycles. The molecule has 1 aliphatic heterocycles. The van der Waals surface area contributed by atoms with E-state index >= 15 is 0 Å². The molecule has 1 aromatic carbocycles. The number of carbonyl (C=O) groups is 1. The summed E-state index contributed by atoms with van der Waals surface area (Å²) in [5.74, 6) is -0.263. The van der Waals surface area contributed by atoms with Crippen LogP contribution in [0.2, 0.25) is 0 Å². The second-order valence-corrected chi connectivity index (χ2v) is 4.55. The normalized spacial score (nSPS) is 20.1. The third-order valence-corrected chi connectivity index (χ3v) is 3.29. The van der Waals surface area contributed by atoms with Crippen LogP contribution in [0.4, 0.5) is 0 Å². The van der Waals surface area contributed by atoms with Gasteiger partial charge in [0.25, 0.3) is 0 Å². The lowest BCUT2D eigenvalue weighted by molar-refractivity contribution is -0.124. The number of hydrogen-bond donors (Lipinski definition) is 1. The van der Waals surface area contributed by atoms with Crippen molar-refractivity contribution in [2.75, 3.05) is 33.2 Å². The van der Waals surface area contributed by atoms with Crippen LogP contribution >= 0.6 is 0 Å². The smallest absolute Gasteiger partial charge is 0.239 e. The minimum atomic E-state index is -0.287. The van der Waals surface area contributed by atoms with E-state index in [1.807, 2.05) is 30.3 Å². The van der Waals surface area contributed by atoms with Crippen molar-refractivity contribution < 1.29 is 4.79 Å². The lowest BCUT2D eigenvalue weighted by Crippen LogP contribution is -2.49. The van der Waals surface area contributed by atoms with E-state index in [2.05, 4.69) is 16.8 Å². The van der Waals surface area contributed by atoms with Crippen LogP contribution in [0, 0.1) is 0 Å². The van der Waals surface area contributed by atoms with Gasteiger partial charge in [-0.15, -0.1) is 0 Å². The Bertz CT molecular complexity index is 372. The molecule has 4 heteroatoms. The van der Waals surface area contributed by atoms with Gasteiger partial charge >= 0.3 is 0 Å². The standard InChI is InChI=1S/C13H19N3O/c1-15-7-9-16(10-8-15)12(13(14)17)11-5-3-2-4-6-11/h2-6,12H,7-10H2,1H3,(H2,14,17). The Morgan fingerprint density at radius 1 is 1.18 bits per heavy atom. The average molecular weight is 233 g/mol. The van der Waals surface area contributed by atoms with Crippen LogP contribution in [0.3, 0.4) is 0 Å². The van der Waals surface area contributed by atoms with Gasteiger partial charge in [0.1, 0.15) is 6.04 Å². The summed E-state index contributed by atoms with van der Waals surface area (Å²) in [6.07, 6.45) is 0. The van der Waals surface area contributed by atoms with E-state index in [0.29, 0.717) is 0 Å². The summed E-state index contributed by atoms with van der Waals surface area (Å²) in [7, 11) is 2.10. The summed E-state index contributed by atoms with van der Waals surface area (Å²) in [5, 5.41) is 0. The number of nitrogens with zero attached hydrogens (tertiary/aromatic N) is 2. The maximum atomic E-state index is 11.6. The lowest BCUT2D eigenvalue weighted by atomic mass is 10.0. The molecule has 1 aromatic rings. The van der Waals surface area contributed by atoms with E-state index in [1.54, 1.807) is 0 Å². The first-order chi connectivity index (χ1) is 8.18. The number of carbonyl (C=O) groups excluding carboxylic acids is 1. The van der Waals surface area contributed by atoms with Crippen LogP contribution in [0.1, 0.15) is 11.6 Å². The van der Waals surface area contributed by atoms with E-state index in [0.717, 1.165) is 31.7 Å². The molecule has 1 saturated heterocycles. The van der Waals surface area contributed by atoms with Crippen molar-refractivity contribution in [3.05, 3.63) is 35.9 Å². The summed E-state index contributed by atoms with van der Waals surface area (Å²) >= 11 is 0. The Morgan fingerprint density at radius 3 is 2.29 bits per heavy atom. The first-order valence-corrected chi connectivity index (χ1v) is 5.95. The molecule has 2 rings (SSSR count). The zero-order valence-corrected chi connectivity index (χ0v) is 10.2. The molecule has 1 heterocycles. The highest BCUT2D eigenvalue weighted by molar-refractivity contribution is 5.81. The fourth-order valence-electron chi connectivity index (χ4n) is 2.27. The van der Waals surface area contributed by atoms with Crippen molar-refractivity contribution in [3.8, 4) is 0 Å². The molecular formula is C13H19N3O. The van der Waals surface area contributed by atoms with Gasteiger partial charge in [-0.3, -0.25) is 9.69 Å². The minimum absolute atomic E-state index is 0.263. The minimum Gasteiger partial charge on any atom is -0.368 e. The predicted octanol–water partition coefficient (Wildman–Crippen LogP) is 0.460. The van der Waals surface area contributed by atoms with Crippen LogP contribution in [0.25, 0.3) is 0 Å². The Morgan fingerprint density at radius 2 is 1.76 bits per heavy atom. The molecule has 1 unspecified atom stereocenters. The number of nitrogens with two attached hydrogens (primary N) is 1. The summed E-state index contributed by atoms with van der Waals surface area (Å²) in [5.41, 5.74) is 6.53. The second-order valence-electron chi connectivity index (χ2n) is 4.55. The molecular weight excluding hydrogens is 214 g/mol. The van der Waals surface area contributed by atoms with Gasteiger partial charge in [-0.25, -0.2) is 0 Å². The lowest BCUT2D eigenvalue weighted by Gasteiger charge is -2.36. The second kappa shape index (κ2) is 5.29. The van der Waals surface area contributed by atoms with Crippen molar-refractivity contribution in [2.24, 2.45) is 5.73 Å². The Balaban J connectivity index is 2.16. The molecule has 1 aliphatic rings. The summed E-state index contributed by atoms with van der Waals surface area (Å²) in [4.78, 5) is 16.1. The zero-order chi connectivity index (χ0) is 12.3. The summed E-state index contributed by atoms with van der Waals surface area (Å²) in [6.45, 7) is 3.74. The molecule has 92 valence electrons. The molecule has 0 radical (unpaired) electrons. The highest BCUT2D eigenvalue weighted by Gasteiger charge is 2.27. The monoisotopic (exact) mass is 233 g/mol. The van der Waals surface area contributed by atoms with Gasteiger partial charge < -0.3 is 10.6 Å². The summed E-state index contributed by atoms with van der Waals surface area (Å²) < 4.78 is 0. The molecule has 1 amide bonds. The van der Waals surface area contributed by atoms with Crippen molar-refractivity contribution in [1.29, 1.82) is 0 Å². The van der Waals surface area contributed by atoms with Crippen LogP contribution in [0.5, 0.6) is 0 Å². The van der Waals surface area contributed by atoms with Crippen LogP contribution < -0.4 is 5.73 Å². The number of likely N-dealkylation sites (N-methyl/N-ethyl adjacent to an activating group) is 1. The topological polar surface area (TPSA) is 49.6 Å². The Hall–Kier alpha value is -1.39. The molecule has 0 aromatic heterocycles. The molecule has 17 heavy (non-hydrogen) atoms. The highest BCUT2D eigenvalue weighted by Crippen LogP contribution is 2.21. The van der Waals surface area contributed by atoms with Crippen LogP contribution in [-0.2, 0) is 4.79 Å². The number of amides is 1. The van der Waals surface area contributed by atoms with Crippen molar-refractivity contribution in [1.82, 2.24) is 9.80 Å². The molecule has 1 atom stereocenters. The van der Waals surface area contributed by atoms with Crippen LogP contribution in [-0.4, -0.2) is 48.9 Å². The fraction of sp³-hybridized carbons (Fsp3) is 0.462. The van der Waals surface area contributed by atoms with Crippen molar-refractivity contribution >= 4 is 5.91 Å². The maximum absolute atomic E-state index is 11.6. The third-order valence-electron chi connectivity index (χ3n) is 3.29. The third kappa shape index (κ3) is 2.84. The van der Waals surface area contributed by atoms with Gasteiger partial charge in [0.2, 0.25) is 5.91 Å². The van der Waals surface area contributed by atoms with Gasteiger partial charge in [-0.1, -0.05) is 30.3 Å². The molecule has 1 fully saturated rings. The molecule has 0 spiro atoms. The number of benzene rings is 1. The summed E-state index contributed by atoms with van der Waals surface area (Å²) in [6, 6.07) is 9.49. The predicted molar refractivity (Wildman–Crippen MR) is 67.4 cm³/mol. The van der Waals surface area contributed by atoms with Gasteiger partial charge in [0, 0.05) is 26.2 Å². The van der Waals surface area contributed by atoms with Gasteiger partial charge in [0.15, 0.2) is 0 Å². The first-order valence-electron chi connectivity index (χ1n) is 5.95. The molecule has 4 nitrogen and oxygen atoms in total. The fourth-order valence-corrected chi connectivity index (χ4v) is 2.27. The average Bonchev–Trinajstić information content (AvgIpc) is 2.33. The largest absolute Gasteiger partial charge is 0.368 e. The van der Waals surface area contributed by atoms with Crippen LogP contribution in [0.15, 0.2) is 30.3 Å². The van der Waals surface area contributed by atoms with E-state index < -0.39 is 0 Å². The highest BCUT2D eigenvalue weighted by atomic mass is 16.1. The number of hydrogen-bond acceptors (Lipinski definition) is 3. The molecule has 0 saturated carbocycles. The van der Waals surface area contributed by atoms with Crippen molar-refractivity contribution in [2.45, 2.75) is 6.04 Å². The van der Waals surface area contributed by atoms with Gasteiger partial charge in [-0.05, 0) is 12.6 Å².